The number of carbonyl (C=O) groups is 1. The molecular weight excluding hydrogens is 194 g/mol. The van der Waals surface area contributed by atoms with Gasteiger partial charge >= 0.3 is 5.97 Å². The Morgan fingerprint density at radius 1 is 1.60 bits per heavy atom. The lowest BCUT2D eigenvalue weighted by Crippen LogP contribution is -2.46. The molecule has 1 aliphatic rings. The maximum Gasteiger partial charge on any atom is 0.311 e. The Hall–Kier alpha value is -1.29. The molecule has 0 aliphatic heterocycles. The SMILES string of the molecule is Cc1ccc(C(N)C2(C(=O)O)CCC2)o1. The van der Waals surface area contributed by atoms with Crippen LogP contribution in [0.1, 0.15) is 36.8 Å². The van der Waals surface area contributed by atoms with Gasteiger partial charge in [-0.05, 0) is 31.9 Å². The third-order valence-electron chi connectivity index (χ3n) is 3.33. The number of carboxylic acids is 1. The highest BCUT2D eigenvalue weighted by Gasteiger charge is 2.50. The fourth-order valence-corrected chi connectivity index (χ4v) is 2.11. The second-order valence-electron chi connectivity index (χ2n) is 4.24. The molecule has 1 atom stereocenters. The van der Waals surface area contributed by atoms with Crippen LogP contribution >= 0.6 is 0 Å². The third kappa shape index (κ3) is 1.45. The van der Waals surface area contributed by atoms with Gasteiger partial charge in [0.05, 0.1) is 11.5 Å². The van der Waals surface area contributed by atoms with Gasteiger partial charge in [-0.25, -0.2) is 0 Å². The monoisotopic (exact) mass is 209 g/mol. The van der Waals surface area contributed by atoms with E-state index < -0.39 is 17.4 Å². The summed E-state index contributed by atoms with van der Waals surface area (Å²) in [5, 5.41) is 9.20. The highest BCUT2D eigenvalue weighted by molar-refractivity contribution is 5.77. The minimum Gasteiger partial charge on any atom is -0.481 e. The van der Waals surface area contributed by atoms with Crippen LogP contribution in [0, 0.1) is 12.3 Å². The van der Waals surface area contributed by atoms with Crippen molar-refractivity contribution < 1.29 is 14.3 Å². The lowest BCUT2D eigenvalue weighted by molar-refractivity contribution is -0.157. The molecular formula is C11H15NO3. The molecule has 0 bridgehead atoms. The van der Waals surface area contributed by atoms with Gasteiger partial charge in [0.2, 0.25) is 0 Å². The van der Waals surface area contributed by atoms with E-state index in [1.807, 2.05) is 13.0 Å². The van der Waals surface area contributed by atoms with E-state index in [0.717, 1.165) is 12.2 Å². The zero-order valence-corrected chi connectivity index (χ0v) is 8.69. The molecule has 2 rings (SSSR count). The maximum absolute atomic E-state index is 11.2. The van der Waals surface area contributed by atoms with Crippen molar-refractivity contribution >= 4 is 5.97 Å². The quantitative estimate of drug-likeness (QED) is 0.796. The largest absolute Gasteiger partial charge is 0.481 e. The third-order valence-corrected chi connectivity index (χ3v) is 3.33. The van der Waals surface area contributed by atoms with E-state index in [4.69, 9.17) is 10.2 Å². The summed E-state index contributed by atoms with van der Waals surface area (Å²) in [5.41, 5.74) is 5.17. The molecule has 0 spiro atoms. The zero-order chi connectivity index (χ0) is 11.1. The van der Waals surface area contributed by atoms with E-state index in [1.165, 1.54) is 0 Å². The smallest absolute Gasteiger partial charge is 0.311 e. The van der Waals surface area contributed by atoms with Crippen molar-refractivity contribution in [2.45, 2.75) is 32.2 Å². The van der Waals surface area contributed by atoms with Gasteiger partial charge in [0.15, 0.2) is 0 Å². The summed E-state index contributed by atoms with van der Waals surface area (Å²) in [5.74, 6) is 0.533. The minimum absolute atomic E-state index is 0.530. The first-order chi connectivity index (χ1) is 7.06. The van der Waals surface area contributed by atoms with E-state index in [2.05, 4.69) is 0 Å². The molecule has 82 valence electrons. The fraction of sp³-hybridized carbons (Fsp3) is 0.545. The van der Waals surface area contributed by atoms with Crippen molar-refractivity contribution in [2.24, 2.45) is 11.1 Å². The van der Waals surface area contributed by atoms with Crippen molar-refractivity contribution in [1.82, 2.24) is 0 Å². The molecule has 1 unspecified atom stereocenters. The number of hydrogen-bond donors (Lipinski definition) is 2. The summed E-state index contributed by atoms with van der Waals surface area (Å²) >= 11 is 0. The van der Waals surface area contributed by atoms with Crippen LogP contribution in [0.15, 0.2) is 16.5 Å². The average molecular weight is 209 g/mol. The molecule has 1 aromatic heterocycles. The molecule has 1 aromatic rings. The number of aliphatic carboxylic acids is 1. The predicted molar refractivity (Wildman–Crippen MR) is 54.3 cm³/mol. The van der Waals surface area contributed by atoms with Crippen LogP contribution in [0.2, 0.25) is 0 Å². The highest BCUT2D eigenvalue weighted by atomic mass is 16.4. The molecule has 1 saturated carbocycles. The van der Waals surface area contributed by atoms with Crippen LogP contribution in [0.4, 0.5) is 0 Å². The summed E-state index contributed by atoms with van der Waals surface area (Å²) in [6.07, 6.45) is 2.21. The van der Waals surface area contributed by atoms with E-state index in [0.29, 0.717) is 18.6 Å². The Labute approximate surface area is 88.1 Å². The number of furan rings is 1. The number of nitrogens with two attached hydrogens (primary N) is 1. The van der Waals surface area contributed by atoms with Crippen molar-refractivity contribution in [3.63, 3.8) is 0 Å². The highest BCUT2D eigenvalue weighted by Crippen LogP contribution is 2.49. The van der Waals surface area contributed by atoms with E-state index in [9.17, 15) is 9.90 Å². The fourth-order valence-electron chi connectivity index (χ4n) is 2.11. The Bertz CT molecular complexity index is 379. The summed E-state index contributed by atoms with van der Waals surface area (Å²) in [7, 11) is 0. The normalized spacial score (nSPS) is 20.7. The van der Waals surface area contributed by atoms with Gasteiger partial charge in [0.25, 0.3) is 0 Å². The zero-order valence-electron chi connectivity index (χ0n) is 8.69. The van der Waals surface area contributed by atoms with Crippen LogP contribution in [0.5, 0.6) is 0 Å². The summed E-state index contributed by atoms with van der Waals surface area (Å²) in [6, 6.07) is 3.05. The van der Waals surface area contributed by atoms with Crippen LogP contribution < -0.4 is 5.73 Å². The lowest BCUT2D eigenvalue weighted by atomic mass is 9.63. The minimum atomic E-state index is -0.810. The van der Waals surface area contributed by atoms with Crippen molar-refractivity contribution in [3.8, 4) is 0 Å². The standard InChI is InChI=1S/C11H15NO3/c1-7-3-4-8(15-7)9(12)11(10(13)14)5-2-6-11/h3-4,9H,2,5-6,12H2,1H3,(H,13,14). The van der Waals surface area contributed by atoms with Gasteiger partial charge in [-0.3, -0.25) is 4.79 Å². The molecule has 1 heterocycles. The van der Waals surface area contributed by atoms with Gasteiger partial charge in [-0.1, -0.05) is 6.42 Å². The number of aryl methyl sites for hydroxylation is 1. The van der Waals surface area contributed by atoms with Gasteiger partial charge in [0.1, 0.15) is 11.5 Å². The molecule has 1 aliphatic carbocycles. The van der Waals surface area contributed by atoms with Crippen molar-refractivity contribution in [1.29, 1.82) is 0 Å². The van der Waals surface area contributed by atoms with Crippen LogP contribution in [-0.4, -0.2) is 11.1 Å². The Balaban J connectivity index is 2.26. The van der Waals surface area contributed by atoms with Crippen LogP contribution in [0.3, 0.4) is 0 Å². The van der Waals surface area contributed by atoms with Gasteiger partial charge in [-0.2, -0.15) is 0 Å². The van der Waals surface area contributed by atoms with Gasteiger partial charge < -0.3 is 15.3 Å². The second kappa shape index (κ2) is 3.38. The molecule has 3 N–H and O–H groups in total. The first kappa shape index (κ1) is 10.2. The molecule has 0 saturated heterocycles. The molecule has 4 heteroatoms. The Morgan fingerprint density at radius 2 is 2.27 bits per heavy atom. The molecule has 15 heavy (non-hydrogen) atoms. The van der Waals surface area contributed by atoms with E-state index in [1.54, 1.807) is 6.07 Å². The van der Waals surface area contributed by atoms with Gasteiger partial charge in [-0.15, -0.1) is 0 Å². The van der Waals surface area contributed by atoms with E-state index >= 15 is 0 Å². The molecule has 4 nitrogen and oxygen atoms in total. The molecule has 0 aromatic carbocycles. The number of carboxylic acid groups (broad SMARTS) is 1. The average Bonchev–Trinajstić information content (AvgIpc) is 2.48. The van der Waals surface area contributed by atoms with Crippen molar-refractivity contribution in [2.75, 3.05) is 0 Å². The summed E-state index contributed by atoms with van der Waals surface area (Å²) in [6.45, 7) is 1.82. The van der Waals surface area contributed by atoms with Crippen LogP contribution in [-0.2, 0) is 4.79 Å². The number of rotatable bonds is 3. The summed E-state index contributed by atoms with van der Waals surface area (Å²) < 4.78 is 5.39. The topological polar surface area (TPSA) is 76.5 Å². The lowest BCUT2D eigenvalue weighted by Gasteiger charge is -2.41. The first-order valence-corrected chi connectivity index (χ1v) is 5.11. The Morgan fingerprint density at radius 3 is 2.60 bits per heavy atom. The predicted octanol–water partition coefficient (Wildman–Crippen LogP) is 1.84. The molecule has 0 amide bonds. The Kier molecular flexibility index (Phi) is 2.31. The van der Waals surface area contributed by atoms with Crippen LogP contribution in [0.25, 0.3) is 0 Å². The summed E-state index contributed by atoms with van der Waals surface area (Å²) in [4.78, 5) is 11.2. The number of hydrogen-bond acceptors (Lipinski definition) is 3. The van der Waals surface area contributed by atoms with E-state index in [-0.39, 0.29) is 0 Å². The second-order valence-corrected chi connectivity index (χ2v) is 4.24. The maximum atomic E-state index is 11.2. The first-order valence-electron chi connectivity index (χ1n) is 5.11. The van der Waals surface area contributed by atoms with Crippen molar-refractivity contribution in [3.05, 3.63) is 23.7 Å². The molecule has 0 radical (unpaired) electrons. The molecule has 1 fully saturated rings. The van der Waals surface area contributed by atoms with Gasteiger partial charge in [0, 0.05) is 0 Å².